The van der Waals surface area contributed by atoms with Crippen LogP contribution in [0, 0.1) is 6.92 Å². The van der Waals surface area contributed by atoms with Gasteiger partial charge < -0.3 is 10.6 Å². The summed E-state index contributed by atoms with van der Waals surface area (Å²) in [4.78, 5) is 13.3. The highest BCUT2D eigenvalue weighted by Gasteiger charge is 2.08. The number of carbonyl (C=O) groups excluding carboxylic acids is 1. The van der Waals surface area contributed by atoms with Crippen molar-refractivity contribution in [1.82, 2.24) is 5.32 Å². The van der Waals surface area contributed by atoms with Crippen LogP contribution in [-0.4, -0.2) is 12.5 Å². The van der Waals surface area contributed by atoms with E-state index in [1.54, 1.807) is 11.3 Å². The van der Waals surface area contributed by atoms with E-state index in [1.165, 1.54) is 0 Å². The second-order valence-electron chi connectivity index (χ2n) is 4.87. The maximum absolute atomic E-state index is 12.2. The lowest BCUT2D eigenvalue weighted by atomic mass is 10.1. The van der Waals surface area contributed by atoms with E-state index < -0.39 is 0 Å². The van der Waals surface area contributed by atoms with E-state index in [9.17, 15) is 4.79 Å². The lowest BCUT2D eigenvalue weighted by molar-refractivity contribution is 0.0951. The number of hydrogen-bond acceptors (Lipinski definition) is 3. The predicted octanol–water partition coefficient (Wildman–Crippen LogP) is 4.57. The molecule has 0 saturated heterocycles. The Kier molecular flexibility index (Phi) is 5.82. The first-order chi connectivity index (χ1) is 10.1. The van der Waals surface area contributed by atoms with Crippen molar-refractivity contribution < 1.29 is 4.79 Å². The van der Waals surface area contributed by atoms with E-state index in [0.29, 0.717) is 12.1 Å². The summed E-state index contributed by atoms with van der Waals surface area (Å²) in [6.45, 7) is 5.65. The van der Waals surface area contributed by atoms with E-state index in [0.717, 1.165) is 33.6 Å². The fraction of sp³-hybridized carbons (Fsp3) is 0.312. The average molecular weight is 367 g/mol. The molecular formula is C16H19BrN2OS. The molecule has 2 N–H and O–H groups in total. The smallest absolute Gasteiger partial charge is 0.251 e. The maximum atomic E-state index is 12.2. The van der Waals surface area contributed by atoms with E-state index >= 15 is 0 Å². The van der Waals surface area contributed by atoms with Crippen molar-refractivity contribution in [3.05, 3.63) is 50.1 Å². The molecule has 0 aliphatic carbocycles. The first-order valence-corrected chi connectivity index (χ1v) is 8.63. The first-order valence-electron chi connectivity index (χ1n) is 6.95. The van der Waals surface area contributed by atoms with Gasteiger partial charge in [0.15, 0.2) is 0 Å². The molecule has 3 nitrogen and oxygen atoms in total. The fourth-order valence-electron chi connectivity index (χ4n) is 1.98. The topological polar surface area (TPSA) is 41.1 Å². The molecule has 1 aromatic heterocycles. The number of rotatable bonds is 6. The van der Waals surface area contributed by atoms with E-state index in [1.807, 2.05) is 36.6 Å². The Morgan fingerprint density at radius 2 is 2.14 bits per heavy atom. The third-order valence-electron chi connectivity index (χ3n) is 3.10. The molecule has 0 aliphatic rings. The molecule has 1 aromatic carbocycles. The average Bonchev–Trinajstić information content (AvgIpc) is 2.89. The molecule has 0 atom stereocenters. The highest BCUT2D eigenvalue weighted by Crippen LogP contribution is 2.20. The number of amides is 1. The van der Waals surface area contributed by atoms with Crippen LogP contribution in [0.1, 0.15) is 34.1 Å². The van der Waals surface area contributed by atoms with Crippen LogP contribution >= 0.6 is 27.3 Å². The summed E-state index contributed by atoms with van der Waals surface area (Å²) in [5.74, 6) is -0.0373. The third kappa shape index (κ3) is 4.58. The van der Waals surface area contributed by atoms with Crippen LogP contribution in [0.4, 0.5) is 5.69 Å². The van der Waals surface area contributed by atoms with Crippen LogP contribution in [0.15, 0.2) is 34.1 Å². The fourth-order valence-corrected chi connectivity index (χ4v) is 3.37. The van der Waals surface area contributed by atoms with Gasteiger partial charge in [-0.15, -0.1) is 11.3 Å². The van der Waals surface area contributed by atoms with Gasteiger partial charge in [0.2, 0.25) is 0 Å². The van der Waals surface area contributed by atoms with Gasteiger partial charge in [-0.05, 0) is 59.1 Å². The van der Waals surface area contributed by atoms with Crippen molar-refractivity contribution >= 4 is 38.9 Å². The van der Waals surface area contributed by atoms with Crippen LogP contribution < -0.4 is 10.6 Å². The Bertz CT molecular complexity index is 624. The van der Waals surface area contributed by atoms with Gasteiger partial charge in [0.25, 0.3) is 5.91 Å². The van der Waals surface area contributed by atoms with Gasteiger partial charge >= 0.3 is 0 Å². The van der Waals surface area contributed by atoms with Crippen molar-refractivity contribution in [3.8, 4) is 0 Å². The number of thiophene rings is 1. The van der Waals surface area contributed by atoms with Crippen molar-refractivity contribution in [2.75, 3.05) is 11.9 Å². The highest BCUT2D eigenvalue weighted by atomic mass is 79.9. The predicted molar refractivity (Wildman–Crippen MR) is 93.1 cm³/mol. The molecule has 0 unspecified atom stereocenters. The summed E-state index contributed by atoms with van der Waals surface area (Å²) < 4.78 is 1.05. The van der Waals surface area contributed by atoms with Gasteiger partial charge in [-0.25, -0.2) is 0 Å². The molecule has 0 radical (unpaired) electrons. The van der Waals surface area contributed by atoms with Gasteiger partial charge in [0, 0.05) is 32.5 Å². The Morgan fingerprint density at radius 3 is 2.76 bits per heavy atom. The zero-order chi connectivity index (χ0) is 15.2. The molecule has 0 fully saturated rings. The molecule has 112 valence electrons. The number of hydrogen-bond donors (Lipinski definition) is 2. The normalized spacial score (nSPS) is 10.4. The summed E-state index contributed by atoms with van der Waals surface area (Å²) in [6.07, 6.45) is 1.08. The summed E-state index contributed by atoms with van der Waals surface area (Å²) in [7, 11) is 0. The quantitative estimate of drug-likeness (QED) is 0.785. The highest BCUT2D eigenvalue weighted by molar-refractivity contribution is 9.10. The second-order valence-corrected chi connectivity index (χ2v) is 6.78. The lowest BCUT2D eigenvalue weighted by Gasteiger charge is -2.10. The lowest BCUT2D eigenvalue weighted by Crippen LogP contribution is -2.22. The van der Waals surface area contributed by atoms with E-state index in [-0.39, 0.29) is 5.91 Å². The summed E-state index contributed by atoms with van der Waals surface area (Å²) >= 11 is 5.04. The Hall–Kier alpha value is -1.33. The first kappa shape index (κ1) is 16.0. The monoisotopic (exact) mass is 366 g/mol. The number of nitrogens with one attached hydrogen (secondary N) is 2. The molecule has 0 spiro atoms. The third-order valence-corrected chi connectivity index (χ3v) is 4.80. The largest absolute Gasteiger partial charge is 0.385 e. The van der Waals surface area contributed by atoms with E-state index in [4.69, 9.17) is 0 Å². The van der Waals surface area contributed by atoms with Gasteiger partial charge in [-0.3, -0.25) is 4.79 Å². The SMILES string of the molecule is CCCNc1ccc(C(=O)NCc2cc(Br)cs2)cc1C. The van der Waals surface area contributed by atoms with Gasteiger partial charge in [-0.2, -0.15) is 0 Å². The molecule has 1 amide bonds. The number of halogens is 1. The van der Waals surface area contributed by atoms with Crippen LogP contribution in [0.25, 0.3) is 0 Å². The molecule has 0 saturated carbocycles. The molecular weight excluding hydrogens is 348 g/mol. The van der Waals surface area contributed by atoms with Crippen LogP contribution in [-0.2, 0) is 6.54 Å². The molecule has 2 aromatic rings. The van der Waals surface area contributed by atoms with E-state index in [2.05, 4.69) is 33.5 Å². The van der Waals surface area contributed by atoms with Gasteiger partial charge in [0.1, 0.15) is 0 Å². The van der Waals surface area contributed by atoms with Crippen molar-refractivity contribution in [3.63, 3.8) is 0 Å². The number of carbonyl (C=O) groups is 1. The Morgan fingerprint density at radius 1 is 1.33 bits per heavy atom. The molecule has 1 heterocycles. The summed E-state index contributed by atoms with van der Waals surface area (Å²) in [5, 5.41) is 8.32. The molecule has 21 heavy (non-hydrogen) atoms. The number of aryl methyl sites for hydroxylation is 1. The number of anilines is 1. The van der Waals surface area contributed by atoms with Crippen molar-refractivity contribution in [2.45, 2.75) is 26.8 Å². The maximum Gasteiger partial charge on any atom is 0.251 e. The minimum atomic E-state index is -0.0373. The Labute approximate surface area is 137 Å². The summed E-state index contributed by atoms with van der Waals surface area (Å²) in [5.41, 5.74) is 2.88. The van der Waals surface area contributed by atoms with Crippen molar-refractivity contribution in [1.29, 1.82) is 0 Å². The summed E-state index contributed by atoms with van der Waals surface area (Å²) in [6, 6.07) is 7.79. The molecule has 0 bridgehead atoms. The second kappa shape index (κ2) is 7.61. The van der Waals surface area contributed by atoms with Crippen LogP contribution in [0.3, 0.4) is 0 Å². The molecule has 5 heteroatoms. The minimum absolute atomic E-state index is 0.0373. The number of benzene rings is 1. The van der Waals surface area contributed by atoms with Gasteiger partial charge in [0.05, 0.1) is 6.54 Å². The standard InChI is InChI=1S/C16H19BrN2OS/c1-3-6-18-15-5-4-12(7-11(15)2)16(20)19-9-14-8-13(17)10-21-14/h4-5,7-8,10,18H,3,6,9H2,1-2H3,(H,19,20). The Balaban J connectivity index is 1.97. The zero-order valence-corrected chi connectivity index (χ0v) is 14.6. The van der Waals surface area contributed by atoms with Crippen LogP contribution in [0.2, 0.25) is 0 Å². The van der Waals surface area contributed by atoms with Gasteiger partial charge in [-0.1, -0.05) is 6.92 Å². The van der Waals surface area contributed by atoms with Crippen molar-refractivity contribution in [2.24, 2.45) is 0 Å². The molecule has 0 aliphatic heterocycles. The van der Waals surface area contributed by atoms with Crippen LogP contribution in [0.5, 0.6) is 0 Å². The zero-order valence-electron chi connectivity index (χ0n) is 12.2. The minimum Gasteiger partial charge on any atom is -0.385 e. The molecule has 2 rings (SSSR count).